The first-order chi connectivity index (χ1) is 7.29. The average molecular weight is 225 g/mol. The van der Waals surface area contributed by atoms with Gasteiger partial charge in [-0.05, 0) is 26.8 Å². The maximum absolute atomic E-state index is 10.6. The fourth-order valence-corrected chi connectivity index (χ4v) is 1.14. The lowest BCUT2D eigenvalue weighted by molar-refractivity contribution is -0.385. The van der Waals surface area contributed by atoms with Gasteiger partial charge in [0.2, 0.25) is 0 Å². The highest BCUT2D eigenvalue weighted by atomic mass is 16.6. The Hall–Kier alpha value is -1.69. The van der Waals surface area contributed by atoms with Crippen LogP contribution in [-0.2, 0) is 0 Å². The van der Waals surface area contributed by atoms with Crippen molar-refractivity contribution in [3.63, 3.8) is 0 Å². The molecule has 1 aromatic heterocycles. The van der Waals surface area contributed by atoms with E-state index in [1.54, 1.807) is 26.8 Å². The summed E-state index contributed by atoms with van der Waals surface area (Å²) in [6.45, 7) is 5.31. The number of anilines is 1. The molecule has 0 unspecified atom stereocenters. The Kier molecular flexibility index (Phi) is 3.44. The summed E-state index contributed by atoms with van der Waals surface area (Å²) in [6.07, 6.45) is 1.21. The van der Waals surface area contributed by atoms with Gasteiger partial charge in [-0.3, -0.25) is 10.1 Å². The van der Waals surface area contributed by atoms with Crippen LogP contribution in [0.25, 0.3) is 0 Å². The van der Waals surface area contributed by atoms with Gasteiger partial charge >= 0.3 is 0 Å². The van der Waals surface area contributed by atoms with Crippen molar-refractivity contribution >= 4 is 11.5 Å². The van der Waals surface area contributed by atoms with Crippen molar-refractivity contribution in [2.24, 2.45) is 0 Å². The minimum Gasteiger partial charge on any atom is -0.389 e. The Balaban J connectivity index is 2.78. The molecule has 0 atom stereocenters. The molecule has 2 N–H and O–H groups in total. The van der Waals surface area contributed by atoms with E-state index < -0.39 is 10.5 Å². The van der Waals surface area contributed by atoms with Crippen molar-refractivity contribution in [3.8, 4) is 0 Å². The van der Waals surface area contributed by atoms with Crippen molar-refractivity contribution in [1.82, 2.24) is 4.98 Å². The second-order valence-electron chi connectivity index (χ2n) is 4.28. The molecule has 6 nitrogen and oxygen atoms in total. The van der Waals surface area contributed by atoms with E-state index in [4.69, 9.17) is 0 Å². The Morgan fingerprint density at radius 3 is 2.69 bits per heavy atom. The Morgan fingerprint density at radius 2 is 2.25 bits per heavy atom. The van der Waals surface area contributed by atoms with Crippen LogP contribution in [0.15, 0.2) is 12.3 Å². The molecule has 0 bridgehead atoms. The highest BCUT2D eigenvalue weighted by Crippen LogP contribution is 2.19. The Labute approximate surface area is 93.5 Å². The van der Waals surface area contributed by atoms with Crippen molar-refractivity contribution in [2.45, 2.75) is 26.4 Å². The summed E-state index contributed by atoms with van der Waals surface area (Å²) in [6, 6.07) is 1.59. The SMILES string of the molecule is Cc1cc(NCC(C)(C)O)ncc1[N+](=O)[O-]. The van der Waals surface area contributed by atoms with Gasteiger partial charge in [-0.2, -0.15) is 0 Å². The van der Waals surface area contributed by atoms with E-state index in [0.717, 1.165) is 0 Å². The van der Waals surface area contributed by atoms with E-state index in [9.17, 15) is 15.2 Å². The molecule has 0 radical (unpaired) electrons. The highest BCUT2D eigenvalue weighted by molar-refractivity contribution is 5.46. The fourth-order valence-electron chi connectivity index (χ4n) is 1.14. The molecular weight excluding hydrogens is 210 g/mol. The summed E-state index contributed by atoms with van der Waals surface area (Å²) in [5.74, 6) is 0.519. The molecule has 0 amide bonds. The minimum atomic E-state index is -0.850. The predicted octanol–water partition coefficient (Wildman–Crippen LogP) is 1.48. The molecule has 1 heterocycles. The van der Waals surface area contributed by atoms with Crippen LogP contribution in [0.4, 0.5) is 11.5 Å². The maximum atomic E-state index is 10.6. The molecule has 6 heteroatoms. The molecule has 1 aromatic rings. The van der Waals surface area contributed by atoms with E-state index in [2.05, 4.69) is 10.3 Å². The van der Waals surface area contributed by atoms with Gasteiger partial charge < -0.3 is 10.4 Å². The molecule has 0 aliphatic heterocycles. The number of hydrogen-bond acceptors (Lipinski definition) is 5. The smallest absolute Gasteiger partial charge is 0.290 e. The van der Waals surface area contributed by atoms with E-state index in [-0.39, 0.29) is 5.69 Å². The first-order valence-electron chi connectivity index (χ1n) is 4.87. The summed E-state index contributed by atoms with van der Waals surface area (Å²) in [5, 5.41) is 23.0. The maximum Gasteiger partial charge on any atom is 0.290 e. The number of nitrogens with one attached hydrogen (secondary N) is 1. The third kappa shape index (κ3) is 3.47. The number of hydrogen-bond donors (Lipinski definition) is 2. The molecule has 0 saturated carbocycles. The van der Waals surface area contributed by atoms with Crippen LogP contribution in [-0.4, -0.2) is 27.2 Å². The summed E-state index contributed by atoms with van der Waals surface area (Å²) < 4.78 is 0. The topological polar surface area (TPSA) is 88.3 Å². The van der Waals surface area contributed by atoms with E-state index in [1.165, 1.54) is 6.20 Å². The zero-order valence-corrected chi connectivity index (χ0v) is 9.52. The second-order valence-corrected chi connectivity index (χ2v) is 4.28. The zero-order chi connectivity index (χ0) is 12.3. The minimum absolute atomic E-state index is 0.00573. The van der Waals surface area contributed by atoms with Gasteiger partial charge in [0.05, 0.1) is 10.5 Å². The molecule has 1 rings (SSSR count). The van der Waals surface area contributed by atoms with Crippen LogP contribution in [0, 0.1) is 17.0 Å². The third-order valence-electron chi connectivity index (χ3n) is 1.98. The monoisotopic (exact) mass is 225 g/mol. The van der Waals surface area contributed by atoms with Crippen LogP contribution >= 0.6 is 0 Å². The Morgan fingerprint density at radius 1 is 1.62 bits per heavy atom. The van der Waals surface area contributed by atoms with Crippen LogP contribution in [0.3, 0.4) is 0 Å². The van der Waals surface area contributed by atoms with Crippen molar-refractivity contribution in [3.05, 3.63) is 27.9 Å². The molecule has 16 heavy (non-hydrogen) atoms. The van der Waals surface area contributed by atoms with Gasteiger partial charge in [0.1, 0.15) is 12.0 Å². The van der Waals surface area contributed by atoms with E-state index in [1.807, 2.05) is 0 Å². The third-order valence-corrected chi connectivity index (χ3v) is 1.98. The van der Waals surface area contributed by atoms with Gasteiger partial charge in [0, 0.05) is 12.1 Å². The number of aryl methyl sites for hydroxylation is 1. The van der Waals surface area contributed by atoms with Crippen LogP contribution in [0.1, 0.15) is 19.4 Å². The molecule has 0 aromatic carbocycles. The predicted molar refractivity (Wildman–Crippen MR) is 60.4 cm³/mol. The molecular formula is C10H15N3O3. The van der Waals surface area contributed by atoms with E-state index >= 15 is 0 Å². The van der Waals surface area contributed by atoms with Crippen LogP contribution < -0.4 is 5.32 Å². The fraction of sp³-hybridized carbons (Fsp3) is 0.500. The largest absolute Gasteiger partial charge is 0.389 e. The highest BCUT2D eigenvalue weighted by Gasteiger charge is 2.14. The summed E-state index contributed by atoms with van der Waals surface area (Å²) in [4.78, 5) is 14.0. The second kappa shape index (κ2) is 4.44. The number of rotatable bonds is 4. The summed E-state index contributed by atoms with van der Waals surface area (Å²) >= 11 is 0. The number of aliphatic hydroxyl groups is 1. The number of nitrogens with zero attached hydrogens (tertiary/aromatic N) is 2. The van der Waals surface area contributed by atoms with Crippen molar-refractivity contribution in [1.29, 1.82) is 0 Å². The van der Waals surface area contributed by atoms with Gasteiger partial charge in [0.25, 0.3) is 5.69 Å². The molecule has 0 saturated heterocycles. The summed E-state index contributed by atoms with van der Waals surface area (Å²) in [5.41, 5.74) is -0.316. The molecule has 0 spiro atoms. The van der Waals surface area contributed by atoms with Gasteiger partial charge in [-0.1, -0.05) is 0 Å². The molecule has 0 aliphatic rings. The standard InChI is InChI=1S/C10H15N3O3/c1-7-4-9(12-6-10(2,3)14)11-5-8(7)13(15)16/h4-5,14H,6H2,1-3H3,(H,11,12). The number of pyridine rings is 1. The molecule has 0 aliphatic carbocycles. The van der Waals surface area contributed by atoms with Gasteiger partial charge in [-0.25, -0.2) is 4.98 Å². The van der Waals surface area contributed by atoms with Crippen molar-refractivity contribution < 1.29 is 10.0 Å². The lowest BCUT2D eigenvalue weighted by Crippen LogP contribution is -2.29. The van der Waals surface area contributed by atoms with Gasteiger partial charge in [0.15, 0.2) is 0 Å². The normalized spacial score (nSPS) is 11.2. The number of aromatic nitrogens is 1. The van der Waals surface area contributed by atoms with Crippen LogP contribution in [0.5, 0.6) is 0 Å². The quantitative estimate of drug-likeness (QED) is 0.598. The lowest BCUT2D eigenvalue weighted by Gasteiger charge is -2.18. The van der Waals surface area contributed by atoms with Crippen molar-refractivity contribution in [2.75, 3.05) is 11.9 Å². The first-order valence-corrected chi connectivity index (χ1v) is 4.87. The lowest BCUT2D eigenvalue weighted by atomic mass is 10.1. The number of nitro groups is 1. The zero-order valence-electron chi connectivity index (χ0n) is 9.52. The Bertz CT molecular complexity index is 399. The average Bonchev–Trinajstić information content (AvgIpc) is 2.13. The van der Waals surface area contributed by atoms with Crippen LogP contribution in [0.2, 0.25) is 0 Å². The summed E-state index contributed by atoms with van der Waals surface area (Å²) in [7, 11) is 0. The van der Waals surface area contributed by atoms with E-state index in [0.29, 0.717) is 17.9 Å². The molecule has 88 valence electrons. The van der Waals surface area contributed by atoms with Gasteiger partial charge in [-0.15, -0.1) is 0 Å². The molecule has 0 fully saturated rings. The first kappa shape index (κ1) is 12.4.